The highest BCUT2D eigenvalue weighted by molar-refractivity contribution is 6.11. The molecule has 0 spiro atoms. The Hall–Kier alpha value is -4.20. The van der Waals surface area contributed by atoms with Crippen molar-refractivity contribution in [1.29, 1.82) is 0 Å². The third-order valence-corrected chi connectivity index (χ3v) is 5.21. The second-order valence-corrected chi connectivity index (χ2v) is 7.82. The molecule has 1 atom stereocenters. The van der Waals surface area contributed by atoms with Crippen LogP contribution in [0.2, 0.25) is 0 Å². The Morgan fingerprint density at radius 2 is 1.67 bits per heavy atom. The first-order valence-corrected chi connectivity index (χ1v) is 10.5. The molecule has 0 fully saturated rings. The first kappa shape index (κ1) is 22.0. The van der Waals surface area contributed by atoms with Crippen LogP contribution in [0.1, 0.15) is 12.0 Å². The molecule has 3 aromatic rings. The van der Waals surface area contributed by atoms with Gasteiger partial charge in [0.2, 0.25) is 11.8 Å². The van der Waals surface area contributed by atoms with Crippen molar-refractivity contribution in [2.45, 2.75) is 19.4 Å². The number of amides is 3. The lowest BCUT2D eigenvalue weighted by Crippen LogP contribution is -2.50. The van der Waals surface area contributed by atoms with Crippen molar-refractivity contribution >= 4 is 40.5 Å². The van der Waals surface area contributed by atoms with Gasteiger partial charge in [0, 0.05) is 11.4 Å². The van der Waals surface area contributed by atoms with Crippen LogP contribution in [-0.4, -0.2) is 30.3 Å². The number of halogens is 1. The van der Waals surface area contributed by atoms with E-state index in [0.29, 0.717) is 22.7 Å². The van der Waals surface area contributed by atoms with Crippen LogP contribution in [0.5, 0.6) is 0 Å². The van der Waals surface area contributed by atoms with E-state index in [9.17, 15) is 18.8 Å². The number of anilines is 4. The second kappa shape index (κ2) is 9.52. The van der Waals surface area contributed by atoms with Gasteiger partial charge in [-0.1, -0.05) is 24.3 Å². The van der Waals surface area contributed by atoms with Gasteiger partial charge in [0.05, 0.1) is 17.8 Å². The molecule has 1 aliphatic rings. The van der Waals surface area contributed by atoms with Crippen LogP contribution >= 0.6 is 0 Å². The molecule has 0 saturated heterocycles. The molecule has 3 amide bonds. The molecule has 0 saturated carbocycles. The van der Waals surface area contributed by atoms with Gasteiger partial charge >= 0.3 is 0 Å². The molecule has 1 aliphatic heterocycles. The second-order valence-electron chi connectivity index (χ2n) is 7.82. The summed E-state index contributed by atoms with van der Waals surface area (Å²) in [6.07, 6.45) is -0.152. The molecular formula is C25H23FN4O3. The zero-order valence-corrected chi connectivity index (χ0v) is 18.0. The van der Waals surface area contributed by atoms with Crippen molar-refractivity contribution in [3.05, 3.63) is 84.2 Å². The minimum atomic E-state index is -0.855. The molecule has 0 aromatic heterocycles. The van der Waals surface area contributed by atoms with Gasteiger partial charge in [-0.2, -0.15) is 0 Å². The van der Waals surface area contributed by atoms with E-state index in [1.54, 1.807) is 24.3 Å². The van der Waals surface area contributed by atoms with Crippen LogP contribution < -0.4 is 20.9 Å². The zero-order chi connectivity index (χ0) is 23.4. The van der Waals surface area contributed by atoms with E-state index < -0.39 is 17.8 Å². The highest BCUT2D eigenvalue weighted by Crippen LogP contribution is 2.32. The highest BCUT2D eigenvalue weighted by Gasteiger charge is 2.34. The first-order valence-electron chi connectivity index (χ1n) is 10.5. The molecule has 0 aliphatic carbocycles. The summed E-state index contributed by atoms with van der Waals surface area (Å²) in [6, 6.07) is 19.0. The Kier molecular flexibility index (Phi) is 6.35. The average Bonchev–Trinajstić information content (AvgIpc) is 2.78. The standard InChI is InChI=1S/C25H23FN4O3/c1-16-5-4-6-19(13-16)28-24(32)15-30-22-8-3-2-7-20(22)29-21(25(30)33)14-23(31)27-18-11-9-17(26)10-12-18/h2-13,21,29H,14-15H2,1H3,(H,27,31)(H,28,32). The molecule has 1 heterocycles. The van der Waals surface area contributed by atoms with Gasteiger partial charge in [-0.05, 0) is 61.0 Å². The monoisotopic (exact) mass is 446 g/mol. The molecule has 3 aromatic carbocycles. The largest absolute Gasteiger partial charge is 0.372 e. The fourth-order valence-electron chi connectivity index (χ4n) is 3.69. The summed E-state index contributed by atoms with van der Waals surface area (Å²) in [6.45, 7) is 1.73. The minimum Gasteiger partial charge on any atom is -0.372 e. The third-order valence-electron chi connectivity index (χ3n) is 5.21. The molecule has 0 bridgehead atoms. The summed E-state index contributed by atoms with van der Waals surface area (Å²) >= 11 is 0. The lowest BCUT2D eigenvalue weighted by atomic mass is 10.1. The summed E-state index contributed by atoms with van der Waals surface area (Å²) in [4.78, 5) is 39.8. The molecule has 4 rings (SSSR count). The smallest absolute Gasteiger partial charge is 0.250 e. The first-order chi connectivity index (χ1) is 15.9. The normalized spacial score (nSPS) is 14.8. The lowest BCUT2D eigenvalue weighted by molar-refractivity contribution is -0.124. The van der Waals surface area contributed by atoms with Gasteiger partial charge < -0.3 is 16.0 Å². The number of hydrogen-bond donors (Lipinski definition) is 3. The quantitative estimate of drug-likeness (QED) is 0.535. The number of carbonyl (C=O) groups excluding carboxylic acids is 3. The van der Waals surface area contributed by atoms with Crippen LogP contribution in [0, 0.1) is 12.7 Å². The van der Waals surface area contributed by atoms with Gasteiger partial charge in [-0.3, -0.25) is 19.3 Å². The Bertz CT molecular complexity index is 1200. The van der Waals surface area contributed by atoms with E-state index in [0.717, 1.165) is 5.56 Å². The fraction of sp³-hybridized carbons (Fsp3) is 0.160. The van der Waals surface area contributed by atoms with Gasteiger partial charge in [0.15, 0.2) is 0 Å². The van der Waals surface area contributed by atoms with Crippen molar-refractivity contribution < 1.29 is 18.8 Å². The number of nitrogens with zero attached hydrogens (tertiary/aromatic N) is 1. The van der Waals surface area contributed by atoms with Crippen molar-refractivity contribution in [3.8, 4) is 0 Å². The SMILES string of the molecule is Cc1cccc(NC(=O)CN2C(=O)C(CC(=O)Nc3ccc(F)cc3)Nc3ccccc32)c1. The molecular weight excluding hydrogens is 423 g/mol. The maximum Gasteiger partial charge on any atom is 0.250 e. The molecule has 168 valence electrons. The van der Waals surface area contributed by atoms with Gasteiger partial charge in [-0.15, -0.1) is 0 Å². The summed E-state index contributed by atoms with van der Waals surface area (Å²) in [5, 5.41) is 8.56. The Balaban J connectivity index is 1.48. The number of rotatable bonds is 6. The van der Waals surface area contributed by atoms with E-state index in [2.05, 4.69) is 16.0 Å². The predicted octanol–water partition coefficient (Wildman–Crippen LogP) is 3.93. The van der Waals surface area contributed by atoms with Crippen LogP contribution in [0.4, 0.5) is 27.1 Å². The van der Waals surface area contributed by atoms with Crippen LogP contribution in [0.15, 0.2) is 72.8 Å². The van der Waals surface area contributed by atoms with Crippen molar-refractivity contribution in [3.63, 3.8) is 0 Å². The molecule has 7 nitrogen and oxygen atoms in total. The molecule has 8 heteroatoms. The van der Waals surface area contributed by atoms with E-state index in [1.165, 1.54) is 29.2 Å². The Morgan fingerprint density at radius 3 is 2.42 bits per heavy atom. The Labute approximate surface area is 190 Å². The zero-order valence-electron chi connectivity index (χ0n) is 18.0. The van der Waals surface area contributed by atoms with Crippen molar-refractivity contribution in [1.82, 2.24) is 0 Å². The van der Waals surface area contributed by atoms with Crippen LogP contribution in [-0.2, 0) is 14.4 Å². The van der Waals surface area contributed by atoms with E-state index >= 15 is 0 Å². The average molecular weight is 446 g/mol. The summed E-state index contributed by atoms with van der Waals surface area (Å²) in [7, 11) is 0. The van der Waals surface area contributed by atoms with E-state index in [4.69, 9.17) is 0 Å². The molecule has 1 unspecified atom stereocenters. The number of para-hydroxylation sites is 2. The van der Waals surface area contributed by atoms with Gasteiger partial charge in [-0.25, -0.2) is 4.39 Å². The van der Waals surface area contributed by atoms with E-state index in [-0.39, 0.29) is 24.8 Å². The van der Waals surface area contributed by atoms with Gasteiger partial charge in [0.1, 0.15) is 18.4 Å². The van der Waals surface area contributed by atoms with Crippen molar-refractivity contribution in [2.75, 3.05) is 27.4 Å². The molecule has 33 heavy (non-hydrogen) atoms. The van der Waals surface area contributed by atoms with Crippen LogP contribution in [0.25, 0.3) is 0 Å². The predicted molar refractivity (Wildman–Crippen MR) is 126 cm³/mol. The summed E-state index contributed by atoms with van der Waals surface area (Å²) < 4.78 is 13.1. The van der Waals surface area contributed by atoms with Crippen molar-refractivity contribution in [2.24, 2.45) is 0 Å². The maximum atomic E-state index is 13.2. The highest BCUT2D eigenvalue weighted by atomic mass is 19.1. The maximum absolute atomic E-state index is 13.2. The minimum absolute atomic E-state index is 0.152. The lowest BCUT2D eigenvalue weighted by Gasteiger charge is -2.34. The third kappa shape index (κ3) is 5.35. The van der Waals surface area contributed by atoms with E-state index in [1.807, 2.05) is 31.2 Å². The Morgan fingerprint density at radius 1 is 0.939 bits per heavy atom. The molecule has 3 N–H and O–H groups in total. The molecule has 0 radical (unpaired) electrons. The number of hydrogen-bond acceptors (Lipinski definition) is 4. The number of carbonyl (C=O) groups is 3. The van der Waals surface area contributed by atoms with Gasteiger partial charge in [0.25, 0.3) is 5.91 Å². The summed E-state index contributed by atoms with van der Waals surface area (Å²) in [5.41, 5.74) is 3.30. The number of aryl methyl sites for hydroxylation is 1. The summed E-state index contributed by atoms with van der Waals surface area (Å²) in [5.74, 6) is -1.55. The number of nitrogens with one attached hydrogen (secondary N) is 3. The number of fused-ring (bicyclic) bond motifs is 1. The van der Waals surface area contributed by atoms with Crippen LogP contribution in [0.3, 0.4) is 0 Å². The number of benzene rings is 3. The topological polar surface area (TPSA) is 90.5 Å². The fourth-order valence-corrected chi connectivity index (χ4v) is 3.69.